The number of sulfonamides is 1. The molecular formula is C13H19ClN2O3S. The Morgan fingerprint density at radius 3 is 2.45 bits per heavy atom. The van der Waals surface area contributed by atoms with Crippen LogP contribution in [0.5, 0.6) is 0 Å². The largest absolute Gasteiger partial charge is 0.355 e. The van der Waals surface area contributed by atoms with Crippen molar-refractivity contribution in [2.75, 3.05) is 6.54 Å². The Labute approximate surface area is 124 Å². The average Bonchev–Trinajstić information content (AvgIpc) is 2.38. The van der Waals surface area contributed by atoms with E-state index in [1.165, 1.54) is 31.2 Å². The number of hydrogen-bond donors (Lipinski definition) is 2. The number of hydrogen-bond acceptors (Lipinski definition) is 3. The van der Waals surface area contributed by atoms with E-state index in [2.05, 4.69) is 10.0 Å². The Hall–Kier alpha value is -1.11. The molecule has 2 N–H and O–H groups in total. The molecule has 0 bridgehead atoms. The van der Waals surface area contributed by atoms with Crippen LogP contribution in [0.4, 0.5) is 0 Å². The summed E-state index contributed by atoms with van der Waals surface area (Å²) < 4.78 is 26.4. The van der Waals surface area contributed by atoms with E-state index in [0.29, 0.717) is 11.6 Å². The van der Waals surface area contributed by atoms with Gasteiger partial charge < -0.3 is 5.32 Å². The molecule has 5 nitrogen and oxygen atoms in total. The third kappa shape index (κ3) is 5.11. The van der Waals surface area contributed by atoms with Crippen molar-refractivity contribution >= 4 is 27.5 Å². The van der Waals surface area contributed by atoms with Gasteiger partial charge in [-0.3, -0.25) is 4.79 Å². The highest BCUT2D eigenvalue weighted by Gasteiger charge is 2.21. The van der Waals surface area contributed by atoms with E-state index in [0.717, 1.165) is 12.8 Å². The van der Waals surface area contributed by atoms with Crippen LogP contribution in [0, 0.1) is 0 Å². The van der Waals surface area contributed by atoms with Gasteiger partial charge in [0.05, 0.1) is 10.9 Å². The molecule has 20 heavy (non-hydrogen) atoms. The van der Waals surface area contributed by atoms with Crippen LogP contribution < -0.4 is 10.0 Å². The fourth-order valence-corrected chi connectivity index (χ4v) is 2.84. The van der Waals surface area contributed by atoms with Gasteiger partial charge in [0.1, 0.15) is 0 Å². The molecule has 0 aliphatic heterocycles. The second-order valence-corrected chi connectivity index (χ2v) is 6.59. The first-order chi connectivity index (χ1) is 9.36. The lowest BCUT2D eigenvalue weighted by molar-refractivity contribution is -0.122. The number of benzene rings is 1. The fraction of sp³-hybridized carbons (Fsp3) is 0.462. The molecule has 1 atom stereocenters. The summed E-state index contributed by atoms with van der Waals surface area (Å²) in [5.74, 6) is -0.337. The molecule has 1 aromatic carbocycles. The first-order valence-electron chi connectivity index (χ1n) is 6.42. The first-order valence-corrected chi connectivity index (χ1v) is 8.28. The minimum atomic E-state index is -3.72. The molecule has 0 saturated heterocycles. The summed E-state index contributed by atoms with van der Waals surface area (Å²) in [6.45, 7) is 4.07. The van der Waals surface area contributed by atoms with E-state index in [-0.39, 0.29) is 10.8 Å². The Kier molecular flexibility index (Phi) is 6.45. The van der Waals surface area contributed by atoms with Gasteiger partial charge in [-0.2, -0.15) is 4.72 Å². The molecule has 1 amide bonds. The molecule has 112 valence electrons. The van der Waals surface area contributed by atoms with Crippen LogP contribution in [0.25, 0.3) is 0 Å². The van der Waals surface area contributed by atoms with Crippen LogP contribution in [-0.4, -0.2) is 26.9 Å². The van der Waals surface area contributed by atoms with Crippen LogP contribution >= 0.6 is 11.6 Å². The zero-order chi connectivity index (χ0) is 15.2. The maximum Gasteiger partial charge on any atom is 0.241 e. The number of unbranched alkanes of at least 4 members (excludes halogenated alkanes) is 1. The average molecular weight is 319 g/mol. The third-order valence-electron chi connectivity index (χ3n) is 2.68. The smallest absolute Gasteiger partial charge is 0.241 e. The van der Waals surface area contributed by atoms with E-state index >= 15 is 0 Å². The molecule has 0 unspecified atom stereocenters. The van der Waals surface area contributed by atoms with Crippen molar-refractivity contribution in [1.82, 2.24) is 10.0 Å². The van der Waals surface area contributed by atoms with Crippen LogP contribution in [0.2, 0.25) is 5.02 Å². The van der Waals surface area contributed by atoms with Gasteiger partial charge >= 0.3 is 0 Å². The van der Waals surface area contributed by atoms with Gasteiger partial charge in [-0.1, -0.05) is 24.9 Å². The van der Waals surface area contributed by atoms with Crippen molar-refractivity contribution in [3.05, 3.63) is 29.3 Å². The predicted octanol–water partition coefficient (Wildman–Crippen LogP) is 1.92. The second-order valence-electron chi connectivity index (χ2n) is 4.44. The van der Waals surface area contributed by atoms with Gasteiger partial charge in [0.15, 0.2) is 0 Å². The Morgan fingerprint density at radius 1 is 1.30 bits per heavy atom. The first kappa shape index (κ1) is 16.9. The maximum absolute atomic E-state index is 12.1. The molecule has 0 aliphatic carbocycles. The zero-order valence-electron chi connectivity index (χ0n) is 11.5. The molecule has 0 aliphatic rings. The number of nitrogens with one attached hydrogen (secondary N) is 2. The molecule has 0 saturated carbocycles. The van der Waals surface area contributed by atoms with Crippen molar-refractivity contribution in [3.8, 4) is 0 Å². The fourth-order valence-electron chi connectivity index (χ4n) is 1.51. The molecule has 0 aromatic heterocycles. The van der Waals surface area contributed by atoms with Gasteiger partial charge in [0, 0.05) is 11.6 Å². The normalized spacial score (nSPS) is 12.9. The molecule has 0 heterocycles. The lowest BCUT2D eigenvalue weighted by atomic mass is 10.3. The van der Waals surface area contributed by atoms with Crippen molar-refractivity contribution in [1.29, 1.82) is 0 Å². The highest BCUT2D eigenvalue weighted by Crippen LogP contribution is 2.14. The molecular weight excluding hydrogens is 300 g/mol. The summed E-state index contributed by atoms with van der Waals surface area (Å²) in [5.41, 5.74) is 0. The molecule has 1 aromatic rings. The molecule has 7 heteroatoms. The Balaban J connectivity index is 2.66. The maximum atomic E-state index is 12.1. The number of rotatable bonds is 7. The lowest BCUT2D eigenvalue weighted by Crippen LogP contribution is -2.44. The van der Waals surface area contributed by atoms with E-state index in [1.807, 2.05) is 6.92 Å². The van der Waals surface area contributed by atoms with Crippen molar-refractivity contribution < 1.29 is 13.2 Å². The lowest BCUT2D eigenvalue weighted by Gasteiger charge is -2.14. The molecule has 0 fully saturated rings. The minimum absolute atomic E-state index is 0.0788. The molecule has 0 radical (unpaired) electrons. The summed E-state index contributed by atoms with van der Waals surface area (Å²) >= 11 is 5.71. The minimum Gasteiger partial charge on any atom is -0.355 e. The number of carbonyl (C=O) groups excluding carboxylic acids is 1. The summed E-state index contributed by atoms with van der Waals surface area (Å²) in [7, 11) is -3.72. The third-order valence-corrected chi connectivity index (χ3v) is 4.49. The van der Waals surface area contributed by atoms with Gasteiger partial charge in [0.2, 0.25) is 15.9 Å². The van der Waals surface area contributed by atoms with Crippen LogP contribution in [0.15, 0.2) is 29.2 Å². The zero-order valence-corrected chi connectivity index (χ0v) is 13.1. The van der Waals surface area contributed by atoms with Gasteiger partial charge in [-0.15, -0.1) is 0 Å². The summed E-state index contributed by atoms with van der Waals surface area (Å²) in [5, 5.41) is 3.13. The van der Waals surface area contributed by atoms with Crippen molar-refractivity contribution in [2.45, 2.75) is 37.6 Å². The number of halogens is 1. The van der Waals surface area contributed by atoms with Gasteiger partial charge in [-0.05, 0) is 37.6 Å². The molecule has 0 spiro atoms. The summed E-state index contributed by atoms with van der Waals surface area (Å²) in [4.78, 5) is 11.8. The van der Waals surface area contributed by atoms with Gasteiger partial charge in [-0.25, -0.2) is 8.42 Å². The van der Waals surface area contributed by atoms with Crippen LogP contribution in [0.1, 0.15) is 26.7 Å². The number of carbonyl (C=O) groups is 1. The van der Waals surface area contributed by atoms with Crippen LogP contribution in [0.3, 0.4) is 0 Å². The van der Waals surface area contributed by atoms with E-state index < -0.39 is 16.1 Å². The van der Waals surface area contributed by atoms with Crippen LogP contribution in [-0.2, 0) is 14.8 Å². The highest BCUT2D eigenvalue weighted by atomic mass is 35.5. The predicted molar refractivity (Wildman–Crippen MR) is 79.2 cm³/mol. The monoisotopic (exact) mass is 318 g/mol. The SMILES string of the molecule is CCCCNC(=O)[C@@H](C)NS(=O)(=O)c1ccc(Cl)cc1. The summed E-state index contributed by atoms with van der Waals surface area (Å²) in [6, 6.07) is 4.94. The molecule has 1 rings (SSSR count). The Morgan fingerprint density at radius 2 is 1.90 bits per heavy atom. The Bertz CT molecular complexity index is 543. The second kappa shape index (κ2) is 7.61. The van der Waals surface area contributed by atoms with E-state index in [9.17, 15) is 13.2 Å². The van der Waals surface area contributed by atoms with E-state index in [1.54, 1.807) is 0 Å². The van der Waals surface area contributed by atoms with E-state index in [4.69, 9.17) is 11.6 Å². The van der Waals surface area contributed by atoms with Crippen molar-refractivity contribution in [2.24, 2.45) is 0 Å². The number of amides is 1. The quantitative estimate of drug-likeness (QED) is 0.754. The van der Waals surface area contributed by atoms with Crippen molar-refractivity contribution in [3.63, 3.8) is 0 Å². The van der Waals surface area contributed by atoms with Gasteiger partial charge in [0.25, 0.3) is 0 Å². The topological polar surface area (TPSA) is 75.3 Å². The highest BCUT2D eigenvalue weighted by molar-refractivity contribution is 7.89. The standard InChI is InChI=1S/C13H19ClN2O3S/c1-3-4-9-15-13(17)10(2)16-20(18,19)12-7-5-11(14)6-8-12/h5-8,10,16H,3-4,9H2,1-2H3,(H,15,17)/t10-/m1/s1. The summed E-state index contributed by atoms with van der Waals surface area (Å²) in [6.07, 6.45) is 1.83.